The van der Waals surface area contributed by atoms with E-state index in [1.807, 2.05) is 12.1 Å². The highest BCUT2D eigenvalue weighted by Gasteiger charge is 2.24. The smallest absolute Gasteiger partial charge is 0.340 e. The monoisotopic (exact) mass is 466 g/mol. The maximum Gasteiger partial charge on any atom is 0.340 e. The summed E-state index contributed by atoms with van der Waals surface area (Å²) in [6.07, 6.45) is 0. The summed E-state index contributed by atoms with van der Waals surface area (Å²) in [5.41, 5.74) is 1.60. The molecule has 0 heterocycles. The van der Waals surface area contributed by atoms with Gasteiger partial charge in [-0.15, -0.1) is 0 Å². The fourth-order valence-corrected chi connectivity index (χ4v) is 4.57. The lowest BCUT2D eigenvalue weighted by atomic mass is 10.0. The summed E-state index contributed by atoms with van der Waals surface area (Å²) in [6.45, 7) is 7.64. The molecule has 0 aliphatic carbocycles. The fourth-order valence-electron chi connectivity index (χ4n) is 2.89. The summed E-state index contributed by atoms with van der Waals surface area (Å²) in [7, 11) is -3.77. The number of amides is 1. The zero-order valence-corrected chi connectivity index (χ0v) is 19.6. The van der Waals surface area contributed by atoms with Crippen LogP contribution in [0.4, 0.5) is 5.69 Å². The predicted octanol–water partition coefficient (Wildman–Crippen LogP) is 4.29. The van der Waals surface area contributed by atoms with E-state index in [1.165, 1.54) is 22.5 Å². The van der Waals surface area contributed by atoms with E-state index >= 15 is 0 Å². The molecule has 2 aromatic rings. The Morgan fingerprint density at radius 3 is 2.23 bits per heavy atom. The molecule has 0 bridgehead atoms. The Morgan fingerprint density at radius 2 is 1.68 bits per heavy atom. The van der Waals surface area contributed by atoms with Gasteiger partial charge >= 0.3 is 5.97 Å². The summed E-state index contributed by atoms with van der Waals surface area (Å²) in [5.74, 6) is -1.03. The molecule has 0 atom stereocenters. The lowest BCUT2D eigenvalue weighted by Gasteiger charge is -2.19. The highest BCUT2D eigenvalue weighted by molar-refractivity contribution is 7.89. The van der Waals surface area contributed by atoms with Crippen molar-refractivity contribution in [1.29, 1.82) is 0 Å². The summed E-state index contributed by atoms with van der Waals surface area (Å²) < 4.78 is 31.7. The molecule has 168 valence electrons. The number of ether oxygens (including phenoxy) is 1. The first-order valence-electron chi connectivity index (χ1n) is 9.96. The van der Waals surface area contributed by atoms with Gasteiger partial charge in [0.1, 0.15) is 0 Å². The normalized spacial score (nSPS) is 11.6. The van der Waals surface area contributed by atoms with Crippen LogP contribution in [-0.4, -0.2) is 44.3 Å². The van der Waals surface area contributed by atoms with Crippen LogP contribution in [0.15, 0.2) is 47.4 Å². The molecule has 31 heavy (non-hydrogen) atoms. The molecule has 0 saturated heterocycles. The van der Waals surface area contributed by atoms with Crippen molar-refractivity contribution in [2.45, 2.75) is 38.5 Å². The van der Waals surface area contributed by atoms with Crippen molar-refractivity contribution in [1.82, 2.24) is 4.31 Å². The first-order chi connectivity index (χ1) is 14.6. The van der Waals surface area contributed by atoms with Gasteiger partial charge < -0.3 is 10.1 Å². The summed E-state index contributed by atoms with van der Waals surface area (Å²) in [5, 5.41) is 2.68. The molecule has 0 unspecified atom stereocenters. The number of halogens is 1. The predicted molar refractivity (Wildman–Crippen MR) is 121 cm³/mol. The second kappa shape index (κ2) is 10.7. The minimum absolute atomic E-state index is 0.0354. The molecule has 7 nitrogen and oxygen atoms in total. The number of carbonyl (C=O) groups is 2. The number of anilines is 1. The molecule has 0 aliphatic rings. The number of carbonyl (C=O) groups excluding carboxylic acids is 2. The number of esters is 1. The molecule has 1 amide bonds. The van der Waals surface area contributed by atoms with Gasteiger partial charge in [0, 0.05) is 18.8 Å². The summed E-state index contributed by atoms with van der Waals surface area (Å²) in [6, 6.07) is 11.2. The van der Waals surface area contributed by atoms with Crippen LogP contribution in [0.5, 0.6) is 0 Å². The lowest BCUT2D eigenvalue weighted by molar-refractivity contribution is -0.119. The van der Waals surface area contributed by atoms with Gasteiger partial charge in [-0.3, -0.25) is 4.79 Å². The van der Waals surface area contributed by atoms with Crippen LogP contribution in [0.2, 0.25) is 5.02 Å². The second-order valence-corrected chi connectivity index (χ2v) is 9.48. The van der Waals surface area contributed by atoms with Crippen LogP contribution >= 0.6 is 11.6 Å². The molecule has 1 N–H and O–H groups in total. The molecule has 0 saturated carbocycles. The average molecular weight is 467 g/mol. The molecule has 2 rings (SSSR count). The SMILES string of the molecule is CCN(CC)S(=O)(=O)c1ccc(Cl)c(C(=O)OCC(=O)Nc2ccc(C(C)C)cc2)c1. The van der Waals surface area contributed by atoms with Gasteiger partial charge in [0.25, 0.3) is 5.91 Å². The van der Waals surface area contributed by atoms with Crippen molar-refractivity contribution < 1.29 is 22.7 Å². The molecular weight excluding hydrogens is 440 g/mol. The van der Waals surface area contributed by atoms with Crippen LogP contribution < -0.4 is 5.32 Å². The summed E-state index contributed by atoms with van der Waals surface area (Å²) >= 11 is 6.06. The van der Waals surface area contributed by atoms with Gasteiger partial charge in [-0.05, 0) is 41.8 Å². The molecular formula is C22H27ClN2O5S. The van der Waals surface area contributed by atoms with Crippen molar-refractivity contribution in [2.24, 2.45) is 0 Å². The van der Waals surface area contributed by atoms with Crippen LogP contribution in [0, 0.1) is 0 Å². The Labute approximate surface area is 188 Å². The minimum Gasteiger partial charge on any atom is -0.452 e. The van der Waals surface area contributed by atoms with Crippen LogP contribution in [-0.2, 0) is 19.6 Å². The first kappa shape index (κ1) is 24.8. The van der Waals surface area contributed by atoms with Crippen molar-refractivity contribution in [2.75, 3.05) is 25.0 Å². The minimum atomic E-state index is -3.77. The van der Waals surface area contributed by atoms with Crippen LogP contribution in [0.3, 0.4) is 0 Å². The number of nitrogens with zero attached hydrogens (tertiary/aromatic N) is 1. The summed E-state index contributed by atoms with van der Waals surface area (Å²) in [4.78, 5) is 24.5. The average Bonchev–Trinajstić information content (AvgIpc) is 2.73. The van der Waals surface area contributed by atoms with Crippen molar-refractivity contribution in [3.63, 3.8) is 0 Å². The highest BCUT2D eigenvalue weighted by Crippen LogP contribution is 2.24. The van der Waals surface area contributed by atoms with Gasteiger partial charge in [0.05, 0.1) is 15.5 Å². The van der Waals surface area contributed by atoms with E-state index in [-0.39, 0.29) is 15.5 Å². The fraction of sp³-hybridized carbons (Fsp3) is 0.364. The molecule has 9 heteroatoms. The molecule has 0 fully saturated rings. The third-order valence-electron chi connectivity index (χ3n) is 4.70. The highest BCUT2D eigenvalue weighted by atomic mass is 35.5. The van der Waals surface area contributed by atoms with Crippen molar-refractivity contribution in [3.8, 4) is 0 Å². The number of hydrogen-bond acceptors (Lipinski definition) is 5. The van der Waals surface area contributed by atoms with Gasteiger partial charge in [0.2, 0.25) is 10.0 Å². The van der Waals surface area contributed by atoms with E-state index in [4.69, 9.17) is 16.3 Å². The zero-order chi connectivity index (χ0) is 23.2. The Morgan fingerprint density at radius 1 is 1.06 bits per heavy atom. The second-order valence-electron chi connectivity index (χ2n) is 7.13. The van der Waals surface area contributed by atoms with E-state index in [9.17, 15) is 18.0 Å². The maximum atomic E-state index is 12.7. The number of benzene rings is 2. The number of nitrogens with one attached hydrogen (secondary N) is 1. The maximum absolute atomic E-state index is 12.7. The topological polar surface area (TPSA) is 92.8 Å². The third kappa shape index (κ3) is 6.29. The standard InChI is InChI=1S/C22H27ClN2O5S/c1-5-25(6-2)31(28,29)18-11-12-20(23)19(13-18)22(27)30-14-21(26)24-17-9-7-16(8-10-17)15(3)4/h7-13,15H,5-6,14H2,1-4H3,(H,24,26). The quantitative estimate of drug-likeness (QED) is 0.556. The lowest BCUT2D eigenvalue weighted by Crippen LogP contribution is -2.30. The number of hydrogen-bond donors (Lipinski definition) is 1. The van der Waals surface area contributed by atoms with E-state index in [0.29, 0.717) is 24.7 Å². The Hall–Kier alpha value is -2.42. The van der Waals surface area contributed by atoms with E-state index < -0.39 is 28.5 Å². The van der Waals surface area contributed by atoms with Gasteiger partial charge in [-0.25, -0.2) is 13.2 Å². The number of rotatable bonds is 9. The number of sulfonamides is 1. The van der Waals surface area contributed by atoms with Crippen molar-refractivity contribution in [3.05, 3.63) is 58.6 Å². The Balaban J connectivity index is 2.07. The molecule has 2 aromatic carbocycles. The van der Waals surface area contributed by atoms with E-state index in [0.717, 1.165) is 5.56 Å². The Bertz CT molecular complexity index is 1030. The van der Waals surface area contributed by atoms with Gasteiger partial charge in [-0.1, -0.05) is 51.4 Å². The Kier molecular flexibility index (Phi) is 8.61. The largest absolute Gasteiger partial charge is 0.452 e. The molecule has 0 radical (unpaired) electrons. The van der Waals surface area contributed by atoms with Gasteiger partial charge in [-0.2, -0.15) is 4.31 Å². The first-order valence-corrected chi connectivity index (χ1v) is 11.8. The van der Waals surface area contributed by atoms with Gasteiger partial charge in [0.15, 0.2) is 6.61 Å². The molecule has 0 aromatic heterocycles. The van der Waals surface area contributed by atoms with Crippen LogP contribution in [0.1, 0.15) is 49.5 Å². The zero-order valence-electron chi connectivity index (χ0n) is 18.0. The van der Waals surface area contributed by atoms with Crippen LogP contribution in [0.25, 0.3) is 0 Å². The molecule has 0 spiro atoms. The van der Waals surface area contributed by atoms with E-state index in [1.54, 1.807) is 26.0 Å². The third-order valence-corrected chi connectivity index (χ3v) is 7.07. The van der Waals surface area contributed by atoms with E-state index in [2.05, 4.69) is 19.2 Å². The van der Waals surface area contributed by atoms with Crippen molar-refractivity contribution >= 4 is 39.2 Å². The molecule has 0 aliphatic heterocycles.